The van der Waals surface area contributed by atoms with Crippen molar-refractivity contribution in [2.24, 2.45) is 0 Å². The van der Waals surface area contributed by atoms with E-state index < -0.39 is 16.0 Å². The fraction of sp³-hybridized carbons (Fsp3) is 0.0952. The van der Waals surface area contributed by atoms with Crippen molar-refractivity contribution >= 4 is 44.3 Å². The van der Waals surface area contributed by atoms with Crippen molar-refractivity contribution in [2.45, 2.75) is 11.8 Å². The molecule has 0 fully saturated rings. The minimum Gasteiger partial charge on any atom is -0.462 e. The zero-order valence-electron chi connectivity index (χ0n) is 16.5. The number of ether oxygens (including phenoxy) is 1. The highest BCUT2D eigenvalue weighted by atomic mass is 32.2. The highest BCUT2D eigenvalue weighted by molar-refractivity contribution is 7.90. The molecule has 0 amide bonds. The Morgan fingerprint density at radius 1 is 1.06 bits per heavy atom. The van der Waals surface area contributed by atoms with Gasteiger partial charge in [0.1, 0.15) is 0 Å². The summed E-state index contributed by atoms with van der Waals surface area (Å²) in [6.45, 7) is 2.01. The lowest BCUT2D eigenvalue weighted by Crippen LogP contribution is -2.17. The Morgan fingerprint density at radius 3 is 2.52 bits per heavy atom. The van der Waals surface area contributed by atoms with Crippen LogP contribution in [0.2, 0.25) is 0 Å². The van der Waals surface area contributed by atoms with Crippen LogP contribution in [0.25, 0.3) is 10.8 Å². The minimum absolute atomic E-state index is 0.00481. The van der Waals surface area contributed by atoms with E-state index in [1.165, 1.54) is 6.07 Å². The molecule has 0 unspecified atom stereocenters. The second-order valence-electron chi connectivity index (χ2n) is 6.54. The first-order valence-electron chi connectivity index (χ1n) is 9.40. The second-order valence-corrected chi connectivity index (χ2v) is 8.28. The summed E-state index contributed by atoms with van der Waals surface area (Å²) in [6.07, 6.45) is 0. The molecule has 10 heteroatoms. The number of nitrogen functional groups attached to an aromatic ring is 1. The number of hydrogen-bond acceptors (Lipinski definition) is 8. The molecule has 1 heterocycles. The zero-order valence-corrected chi connectivity index (χ0v) is 17.3. The number of nitrogens with one attached hydrogen (secondary N) is 1. The third kappa shape index (κ3) is 3.92. The van der Waals surface area contributed by atoms with Gasteiger partial charge < -0.3 is 15.8 Å². The SMILES string of the molecule is CCOC(=O)c1ccc(Nc2nc(N)n(S(=O)(=O)c3cccc4ccccc34)n2)cc1. The maximum atomic E-state index is 13.2. The Bertz CT molecular complexity index is 1360. The molecule has 31 heavy (non-hydrogen) atoms. The van der Waals surface area contributed by atoms with E-state index in [0.29, 0.717) is 20.7 Å². The summed E-state index contributed by atoms with van der Waals surface area (Å²) < 4.78 is 32.1. The van der Waals surface area contributed by atoms with Crippen LogP contribution in [0.1, 0.15) is 17.3 Å². The van der Waals surface area contributed by atoms with Gasteiger partial charge in [-0.25, -0.2) is 4.79 Å². The third-order valence-corrected chi connectivity index (χ3v) is 6.15. The van der Waals surface area contributed by atoms with Gasteiger partial charge >= 0.3 is 5.97 Å². The summed E-state index contributed by atoms with van der Waals surface area (Å²) >= 11 is 0. The minimum atomic E-state index is -4.08. The number of aromatic nitrogens is 3. The lowest BCUT2D eigenvalue weighted by atomic mass is 10.1. The number of carbonyl (C=O) groups excluding carboxylic acids is 1. The van der Waals surface area contributed by atoms with Crippen LogP contribution in [0.15, 0.2) is 71.6 Å². The van der Waals surface area contributed by atoms with Gasteiger partial charge in [-0.15, -0.1) is 9.19 Å². The molecule has 0 saturated heterocycles. The summed E-state index contributed by atoms with van der Waals surface area (Å²) in [6, 6.07) is 18.5. The number of anilines is 3. The van der Waals surface area contributed by atoms with Crippen molar-refractivity contribution in [1.29, 1.82) is 0 Å². The van der Waals surface area contributed by atoms with Gasteiger partial charge in [0.2, 0.25) is 11.9 Å². The molecule has 4 aromatic rings. The first-order chi connectivity index (χ1) is 14.9. The Morgan fingerprint density at radius 2 is 1.77 bits per heavy atom. The van der Waals surface area contributed by atoms with Crippen molar-refractivity contribution in [3.63, 3.8) is 0 Å². The molecule has 3 N–H and O–H groups in total. The summed E-state index contributed by atoms with van der Waals surface area (Å²) in [5.74, 6) is -0.703. The number of esters is 1. The molecule has 9 nitrogen and oxygen atoms in total. The molecule has 0 bridgehead atoms. The second kappa shape index (κ2) is 8.07. The maximum Gasteiger partial charge on any atom is 0.338 e. The molecule has 4 rings (SSSR count). The topological polar surface area (TPSA) is 129 Å². The van der Waals surface area contributed by atoms with Gasteiger partial charge in [-0.05, 0) is 42.6 Å². The summed E-state index contributed by atoms with van der Waals surface area (Å²) in [4.78, 5) is 15.8. The Labute approximate surface area is 178 Å². The van der Waals surface area contributed by atoms with Crippen LogP contribution in [0, 0.1) is 0 Å². The molecule has 0 spiro atoms. The van der Waals surface area contributed by atoms with E-state index in [0.717, 1.165) is 5.39 Å². The number of nitrogens with zero attached hydrogens (tertiary/aromatic N) is 3. The van der Waals surface area contributed by atoms with Gasteiger partial charge in [-0.3, -0.25) is 0 Å². The largest absolute Gasteiger partial charge is 0.462 e. The normalized spacial score (nSPS) is 11.4. The van der Waals surface area contributed by atoms with Crippen molar-refractivity contribution in [2.75, 3.05) is 17.7 Å². The van der Waals surface area contributed by atoms with Gasteiger partial charge in [-0.2, -0.15) is 13.4 Å². The number of rotatable bonds is 6. The van der Waals surface area contributed by atoms with Gasteiger partial charge in [0.05, 0.1) is 17.1 Å². The molecule has 0 aliphatic heterocycles. The number of nitrogens with two attached hydrogens (primary N) is 1. The fourth-order valence-corrected chi connectivity index (χ4v) is 4.46. The van der Waals surface area contributed by atoms with Gasteiger partial charge in [0.15, 0.2) is 0 Å². The Balaban J connectivity index is 1.64. The predicted octanol–water partition coefficient (Wildman–Crippen LogP) is 3.17. The Hall–Kier alpha value is -3.92. The zero-order chi connectivity index (χ0) is 22.0. The molecule has 0 radical (unpaired) electrons. The monoisotopic (exact) mass is 437 g/mol. The lowest BCUT2D eigenvalue weighted by molar-refractivity contribution is 0.0526. The molecule has 0 saturated carbocycles. The molecular weight excluding hydrogens is 418 g/mol. The van der Waals surface area contributed by atoms with E-state index in [2.05, 4.69) is 15.4 Å². The van der Waals surface area contributed by atoms with E-state index in [1.54, 1.807) is 49.4 Å². The molecule has 158 valence electrons. The van der Waals surface area contributed by atoms with Crippen molar-refractivity contribution < 1.29 is 17.9 Å². The highest BCUT2D eigenvalue weighted by Gasteiger charge is 2.24. The lowest BCUT2D eigenvalue weighted by Gasteiger charge is -2.08. The first-order valence-corrected chi connectivity index (χ1v) is 10.8. The third-order valence-electron chi connectivity index (χ3n) is 4.51. The van der Waals surface area contributed by atoms with Crippen molar-refractivity contribution in [3.05, 3.63) is 72.3 Å². The van der Waals surface area contributed by atoms with Crippen LogP contribution in [-0.4, -0.2) is 35.2 Å². The summed E-state index contributed by atoms with van der Waals surface area (Å²) in [7, 11) is -4.08. The van der Waals surface area contributed by atoms with E-state index in [4.69, 9.17) is 10.5 Å². The highest BCUT2D eigenvalue weighted by Crippen LogP contribution is 2.26. The first kappa shape index (κ1) is 20.4. The summed E-state index contributed by atoms with van der Waals surface area (Å²) in [5, 5.41) is 8.26. The fourth-order valence-electron chi connectivity index (χ4n) is 3.09. The van der Waals surface area contributed by atoms with Gasteiger partial charge in [0, 0.05) is 11.1 Å². The van der Waals surface area contributed by atoms with E-state index >= 15 is 0 Å². The van der Waals surface area contributed by atoms with Gasteiger partial charge in [-0.1, -0.05) is 36.4 Å². The van der Waals surface area contributed by atoms with Crippen LogP contribution in [0.5, 0.6) is 0 Å². The van der Waals surface area contributed by atoms with Crippen molar-refractivity contribution in [3.8, 4) is 0 Å². The molecule has 0 aliphatic rings. The smallest absolute Gasteiger partial charge is 0.338 e. The average Bonchev–Trinajstić information content (AvgIpc) is 3.14. The molecule has 1 aromatic heterocycles. The average molecular weight is 437 g/mol. The van der Waals surface area contributed by atoms with Crippen LogP contribution in [-0.2, 0) is 14.8 Å². The summed E-state index contributed by atoms with van der Waals surface area (Å²) in [5.41, 5.74) is 6.81. The number of carbonyl (C=O) groups is 1. The maximum absolute atomic E-state index is 13.2. The Kier molecular flexibility index (Phi) is 5.30. The molecule has 0 aliphatic carbocycles. The van der Waals surface area contributed by atoms with Crippen LogP contribution in [0.4, 0.5) is 17.6 Å². The van der Waals surface area contributed by atoms with E-state index in [-0.39, 0.29) is 23.4 Å². The van der Waals surface area contributed by atoms with Crippen molar-refractivity contribution in [1.82, 2.24) is 14.2 Å². The number of benzene rings is 3. The quantitative estimate of drug-likeness (QED) is 0.440. The number of hydrogen-bond donors (Lipinski definition) is 2. The predicted molar refractivity (Wildman–Crippen MR) is 117 cm³/mol. The van der Waals surface area contributed by atoms with E-state index in [9.17, 15) is 13.2 Å². The molecule has 0 atom stereocenters. The van der Waals surface area contributed by atoms with Crippen LogP contribution in [0.3, 0.4) is 0 Å². The molecular formula is C21H19N5O4S. The molecule has 3 aromatic carbocycles. The van der Waals surface area contributed by atoms with E-state index in [1.807, 2.05) is 18.2 Å². The van der Waals surface area contributed by atoms with Gasteiger partial charge in [0.25, 0.3) is 10.0 Å². The standard InChI is InChI=1S/C21H19N5O4S/c1-2-30-19(27)15-10-12-16(13-11-15)23-21-24-20(22)26(25-21)31(28,29)18-9-5-7-14-6-3-4-8-17(14)18/h3-13H,2H2,1H3,(H3,22,23,24,25). The van der Waals surface area contributed by atoms with Crippen LogP contribution >= 0.6 is 0 Å². The number of fused-ring (bicyclic) bond motifs is 1. The van der Waals surface area contributed by atoms with Crippen LogP contribution < -0.4 is 11.1 Å².